The molecule has 5 heteroatoms. The summed E-state index contributed by atoms with van der Waals surface area (Å²) in [6.07, 6.45) is 2.59. The minimum atomic E-state index is -0.990. The zero-order chi connectivity index (χ0) is 14.5. The van der Waals surface area contributed by atoms with Gasteiger partial charge in [-0.1, -0.05) is 6.07 Å². The SMILES string of the molecule is Cc1ccc(F)c(OCc2cc(C=CC(=O)O)cs2)c1. The normalized spacial score (nSPS) is 10.9. The Morgan fingerprint density at radius 2 is 2.25 bits per heavy atom. The Labute approximate surface area is 119 Å². The molecule has 2 rings (SSSR count). The third-order valence-electron chi connectivity index (χ3n) is 2.55. The van der Waals surface area contributed by atoms with Gasteiger partial charge in [-0.25, -0.2) is 9.18 Å². The Kier molecular flexibility index (Phi) is 4.53. The Hall–Kier alpha value is -2.14. The van der Waals surface area contributed by atoms with Gasteiger partial charge in [0.1, 0.15) is 6.61 Å². The highest BCUT2D eigenvalue weighted by molar-refractivity contribution is 7.10. The molecule has 2 aromatic rings. The molecule has 0 radical (unpaired) electrons. The Morgan fingerprint density at radius 3 is 3.00 bits per heavy atom. The molecule has 3 nitrogen and oxygen atoms in total. The average molecular weight is 292 g/mol. The summed E-state index contributed by atoms with van der Waals surface area (Å²) in [6.45, 7) is 2.12. The van der Waals surface area contributed by atoms with E-state index in [1.165, 1.54) is 23.5 Å². The van der Waals surface area contributed by atoms with E-state index in [4.69, 9.17) is 9.84 Å². The topological polar surface area (TPSA) is 46.5 Å². The van der Waals surface area contributed by atoms with Gasteiger partial charge in [0.2, 0.25) is 0 Å². The first-order chi connectivity index (χ1) is 9.54. The highest BCUT2D eigenvalue weighted by atomic mass is 32.1. The zero-order valence-corrected chi connectivity index (χ0v) is 11.6. The monoisotopic (exact) mass is 292 g/mol. The van der Waals surface area contributed by atoms with E-state index in [0.29, 0.717) is 0 Å². The number of thiophene rings is 1. The maximum Gasteiger partial charge on any atom is 0.328 e. The number of carboxylic acids is 1. The van der Waals surface area contributed by atoms with Crippen molar-refractivity contribution in [1.29, 1.82) is 0 Å². The van der Waals surface area contributed by atoms with Crippen LogP contribution in [-0.2, 0) is 11.4 Å². The molecule has 20 heavy (non-hydrogen) atoms. The Bertz CT molecular complexity index is 646. The van der Waals surface area contributed by atoms with Crippen molar-refractivity contribution in [3.8, 4) is 5.75 Å². The largest absolute Gasteiger partial charge is 0.485 e. The van der Waals surface area contributed by atoms with E-state index in [9.17, 15) is 9.18 Å². The maximum atomic E-state index is 13.5. The number of halogens is 1. The van der Waals surface area contributed by atoms with E-state index in [0.717, 1.165) is 22.1 Å². The van der Waals surface area contributed by atoms with Crippen LogP contribution in [0.4, 0.5) is 4.39 Å². The molecule has 0 aliphatic heterocycles. The third kappa shape index (κ3) is 3.93. The highest BCUT2D eigenvalue weighted by Gasteiger charge is 2.05. The molecule has 0 saturated heterocycles. The molecule has 1 N–H and O–H groups in total. The van der Waals surface area contributed by atoms with Gasteiger partial charge < -0.3 is 9.84 Å². The number of ether oxygens (including phenoxy) is 1. The third-order valence-corrected chi connectivity index (χ3v) is 3.48. The first kappa shape index (κ1) is 14.3. The lowest BCUT2D eigenvalue weighted by atomic mass is 10.2. The summed E-state index contributed by atoms with van der Waals surface area (Å²) < 4.78 is 18.9. The fraction of sp³-hybridized carbons (Fsp3) is 0.133. The summed E-state index contributed by atoms with van der Waals surface area (Å²) in [5.74, 6) is -1.16. The number of benzene rings is 1. The molecule has 0 bridgehead atoms. The van der Waals surface area contributed by atoms with Gasteiger partial charge in [0.25, 0.3) is 0 Å². The number of rotatable bonds is 5. The van der Waals surface area contributed by atoms with Crippen LogP contribution in [0.25, 0.3) is 6.08 Å². The summed E-state index contributed by atoms with van der Waals surface area (Å²) in [6, 6.07) is 6.52. The predicted molar refractivity (Wildman–Crippen MR) is 76.5 cm³/mol. The number of aryl methyl sites for hydroxylation is 1. The van der Waals surface area contributed by atoms with Crippen LogP contribution in [0.5, 0.6) is 5.75 Å². The number of hydrogen-bond donors (Lipinski definition) is 1. The van der Waals surface area contributed by atoms with Crippen molar-refractivity contribution in [2.24, 2.45) is 0 Å². The zero-order valence-electron chi connectivity index (χ0n) is 10.8. The lowest BCUT2D eigenvalue weighted by Gasteiger charge is -2.06. The summed E-state index contributed by atoms with van der Waals surface area (Å²) in [7, 11) is 0. The lowest BCUT2D eigenvalue weighted by Crippen LogP contribution is -1.95. The Balaban J connectivity index is 2.01. The van der Waals surface area contributed by atoms with E-state index >= 15 is 0 Å². The van der Waals surface area contributed by atoms with Crippen LogP contribution < -0.4 is 4.74 Å². The summed E-state index contributed by atoms with van der Waals surface area (Å²) in [5.41, 5.74) is 1.72. The molecule has 0 fully saturated rings. The molecular formula is C15H13FO3S. The number of carboxylic acid groups (broad SMARTS) is 1. The van der Waals surface area contributed by atoms with E-state index in [2.05, 4.69) is 0 Å². The van der Waals surface area contributed by atoms with Crippen LogP contribution in [-0.4, -0.2) is 11.1 Å². The Morgan fingerprint density at radius 1 is 1.45 bits per heavy atom. The van der Waals surface area contributed by atoms with Crippen molar-refractivity contribution in [2.45, 2.75) is 13.5 Å². The van der Waals surface area contributed by atoms with Gasteiger partial charge in [-0.2, -0.15) is 0 Å². The van der Waals surface area contributed by atoms with Gasteiger partial charge >= 0.3 is 5.97 Å². The molecule has 0 amide bonds. The van der Waals surface area contributed by atoms with Gasteiger partial charge in [0.15, 0.2) is 11.6 Å². The van der Waals surface area contributed by atoms with Crippen molar-refractivity contribution in [3.63, 3.8) is 0 Å². The number of carbonyl (C=O) groups is 1. The quantitative estimate of drug-likeness (QED) is 0.851. The van der Waals surface area contributed by atoms with Crippen molar-refractivity contribution < 1.29 is 19.0 Å². The summed E-state index contributed by atoms with van der Waals surface area (Å²) in [5, 5.41) is 10.4. The van der Waals surface area contributed by atoms with Gasteiger partial charge in [0.05, 0.1) is 0 Å². The molecule has 0 spiro atoms. The fourth-order valence-corrected chi connectivity index (χ4v) is 2.36. The van der Waals surface area contributed by atoms with Crippen molar-refractivity contribution in [3.05, 3.63) is 57.5 Å². The van der Waals surface area contributed by atoms with Crippen LogP contribution in [0.1, 0.15) is 16.0 Å². The molecule has 0 atom stereocenters. The molecule has 0 aliphatic carbocycles. The second kappa shape index (κ2) is 6.34. The van der Waals surface area contributed by atoms with E-state index in [1.807, 2.05) is 18.4 Å². The van der Waals surface area contributed by atoms with Crippen LogP contribution in [0.3, 0.4) is 0 Å². The van der Waals surface area contributed by atoms with E-state index in [1.54, 1.807) is 12.1 Å². The smallest absolute Gasteiger partial charge is 0.328 e. The second-order valence-corrected chi connectivity index (χ2v) is 5.24. The number of hydrogen-bond acceptors (Lipinski definition) is 3. The first-order valence-electron chi connectivity index (χ1n) is 5.92. The van der Waals surface area contributed by atoms with Gasteiger partial charge in [-0.05, 0) is 47.7 Å². The van der Waals surface area contributed by atoms with Crippen LogP contribution in [0, 0.1) is 12.7 Å². The molecular weight excluding hydrogens is 279 g/mol. The molecule has 1 aromatic heterocycles. The fourth-order valence-electron chi connectivity index (χ4n) is 1.60. The van der Waals surface area contributed by atoms with Crippen molar-refractivity contribution in [1.82, 2.24) is 0 Å². The molecule has 1 aromatic carbocycles. The minimum absolute atomic E-state index is 0.223. The summed E-state index contributed by atoms with van der Waals surface area (Å²) in [4.78, 5) is 11.3. The predicted octanol–water partition coefficient (Wildman–Crippen LogP) is 3.87. The van der Waals surface area contributed by atoms with Gasteiger partial charge in [0, 0.05) is 11.0 Å². The van der Waals surface area contributed by atoms with Crippen LogP contribution in [0.15, 0.2) is 35.7 Å². The summed E-state index contributed by atoms with van der Waals surface area (Å²) >= 11 is 1.44. The standard InChI is InChI=1S/C15H13FO3S/c1-10-2-4-13(16)14(6-10)19-8-12-7-11(9-20-12)3-5-15(17)18/h2-7,9H,8H2,1H3,(H,17,18). The van der Waals surface area contributed by atoms with Crippen molar-refractivity contribution in [2.75, 3.05) is 0 Å². The van der Waals surface area contributed by atoms with Crippen LogP contribution >= 0.6 is 11.3 Å². The van der Waals surface area contributed by atoms with E-state index in [-0.39, 0.29) is 12.4 Å². The minimum Gasteiger partial charge on any atom is -0.485 e. The van der Waals surface area contributed by atoms with Gasteiger partial charge in [-0.15, -0.1) is 11.3 Å². The van der Waals surface area contributed by atoms with Gasteiger partial charge in [-0.3, -0.25) is 0 Å². The lowest BCUT2D eigenvalue weighted by molar-refractivity contribution is -0.131. The maximum absolute atomic E-state index is 13.5. The second-order valence-electron chi connectivity index (χ2n) is 4.24. The van der Waals surface area contributed by atoms with E-state index < -0.39 is 11.8 Å². The first-order valence-corrected chi connectivity index (χ1v) is 6.80. The van der Waals surface area contributed by atoms with Crippen LogP contribution in [0.2, 0.25) is 0 Å². The van der Waals surface area contributed by atoms with Crippen molar-refractivity contribution >= 4 is 23.4 Å². The molecule has 104 valence electrons. The molecule has 0 saturated carbocycles. The average Bonchev–Trinajstić information content (AvgIpc) is 2.85. The molecule has 0 unspecified atom stereocenters. The molecule has 0 aliphatic rings. The number of aliphatic carboxylic acids is 1. The molecule has 1 heterocycles. The highest BCUT2D eigenvalue weighted by Crippen LogP contribution is 2.22.